The third-order valence-electron chi connectivity index (χ3n) is 7.98. The number of fused-ring (bicyclic) bond motifs is 1. The molecule has 9 heteroatoms. The second-order valence-electron chi connectivity index (χ2n) is 10.7. The average molecular weight is 590 g/mol. The fraction of sp³-hybridized carbons (Fsp3) is 0.176. The van der Waals surface area contributed by atoms with Crippen molar-refractivity contribution in [1.29, 1.82) is 0 Å². The zero-order chi connectivity index (χ0) is 30.1. The zero-order valence-electron chi connectivity index (χ0n) is 23.8. The minimum atomic E-state index is -0.974. The summed E-state index contributed by atoms with van der Waals surface area (Å²) in [4.78, 5) is 31.6. The van der Waals surface area contributed by atoms with E-state index in [4.69, 9.17) is 12.2 Å². The number of hydrogen-bond donors (Lipinski definition) is 3. The molecular formula is C34H31N5O3S. The largest absolute Gasteiger partial charge is 0.478 e. The Morgan fingerprint density at radius 2 is 1.74 bits per heavy atom. The number of nitrogens with zero attached hydrogens (tertiary/aromatic N) is 3. The summed E-state index contributed by atoms with van der Waals surface area (Å²) in [6.45, 7) is 4.43. The number of thiocarbonyl (C=S) groups is 1. The molecule has 8 nitrogen and oxygen atoms in total. The molecule has 0 aliphatic carbocycles. The second-order valence-corrected chi connectivity index (χ2v) is 11.0. The predicted molar refractivity (Wildman–Crippen MR) is 172 cm³/mol. The smallest absolute Gasteiger partial charge is 0.335 e. The summed E-state index contributed by atoms with van der Waals surface area (Å²) in [6, 6.07) is 28.2. The highest BCUT2D eigenvalue weighted by Gasteiger charge is 2.41. The summed E-state index contributed by atoms with van der Waals surface area (Å²) >= 11 is 5.84. The molecule has 216 valence electrons. The first kappa shape index (κ1) is 28.1. The van der Waals surface area contributed by atoms with Crippen molar-refractivity contribution in [3.05, 3.63) is 125 Å². The molecule has 43 heavy (non-hydrogen) atoms. The lowest BCUT2D eigenvalue weighted by atomic mass is 9.96. The van der Waals surface area contributed by atoms with E-state index < -0.39 is 5.97 Å². The van der Waals surface area contributed by atoms with Gasteiger partial charge in [0.15, 0.2) is 5.11 Å². The van der Waals surface area contributed by atoms with Gasteiger partial charge in [0.25, 0.3) is 0 Å². The summed E-state index contributed by atoms with van der Waals surface area (Å²) in [5.41, 5.74) is 5.56. The first-order valence-corrected chi connectivity index (χ1v) is 14.5. The Balaban J connectivity index is 1.32. The van der Waals surface area contributed by atoms with Gasteiger partial charge in [0.05, 0.1) is 23.3 Å². The number of carbonyl (C=O) groups is 2. The van der Waals surface area contributed by atoms with Crippen LogP contribution in [0.15, 0.2) is 97.2 Å². The number of carboxylic acid groups (broad SMARTS) is 1. The molecule has 1 saturated heterocycles. The topological polar surface area (TPSA) is 99.5 Å². The van der Waals surface area contributed by atoms with Crippen molar-refractivity contribution >= 4 is 45.7 Å². The van der Waals surface area contributed by atoms with Crippen LogP contribution in [0.4, 0.5) is 5.69 Å². The Morgan fingerprint density at radius 3 is 2.53 bits per heavy atom. The van der Waals surface area contributed by atoms with Crippen LogP contribution in [-0.4, -0.2) is 43.1 Å². The maximum Gasteiger partial charge on any atom is 0.335 e. The van der Waals surface area contributed by atoms with Crippen molar-refractivity contribution in [2.45, 2.75) is 32.4 Å². The van der Waals surface area contributed by atoms with E-state index in [2.05, 4.69) is 31.2 Å². The molecule has 1 aliphatic heterocycles. The van der Waals surface area contributed by atoms with Gasteiger partial charge in [-0.1, -0.05) is 48.5 Å². The van der Waals surface area contributed by atoms with E-state index in [0.717, 1.165) is 44.8 Å². The third kappa shape index (κ3) is 5.47. The molecule has 1 aliphatic rings. The summed E-state index contributed by atoms with van der Waals surface area (Å²) in [5, 5.41) is 18.7. The molecule has 3 heterocycles. The molecule has 5 aromatic rings. The standard InChI is InChI=1S/C34H31N5O3S/c1-21-19-27(22(2)39(21)25-12-7-11-24(20-25)33(41)42)32-31(29-14-5-6-17-35-29)37-34(43)38(32)18-16-30(40)36-28-15-8-10-23-9-3-4-13-26(23)28/h3-15,17,19-20,31-32H,16,18H2,1-2H3,(H,36,40)(H,37,43)(H,41,42)/t31-,32-/m1/s1. The van der Waals surface area contributed by atoms with Crippen LogP contribution in [0.25, 0.3) is 16.5 Å². The van der Waals surface area contributed by atoms with Crippen LogP contribution in [-0.2, 0) is 4.79 Å². The molecule has 0 unspecified atom stereocenters. The Morgan fingerprint density at radius 1 is 0.977 bits per heavy atom. The number of pyridine rings is 1. The van der Waals surface area contributed by atoms with Gasteiger partial charge in [-0.05, 0) is 79.5 Å². The van der Waals surface area contributed by atoms with Gasteiger partial charge < -0.3 is 25.2 Å². The number of carboxylic acids is 1. The molecule has 0 bridgehead atoms. The first-order chi connectivity index (χ1) is 20.8. The molecule has 2 atom stereocenters. The van der Waals surface area contributed by atoms with Gasteiger partial charge in [-0.25, -0.2) is 4.79 Å². The Kier molecular flexibility index (Phi) is 7.65. The maximum atomic E-state index is 13.2. The van der Waals surface area contributed by atoms with E-state index in [1.807, 2.05) is 80.6 Å². The molecule has 1 amide bonds. The Labute approximate surface area is 255 Å². The lowest BCUT2D eigenvalue weighted by Crippen LogP contribution is -2.33. The molecule has 3 aromatic carbocycles. The summed E-state index contributed by atoms with van der Waals surface area (Å²) in [7, 11) is 0. The number of anilines is 1. The highest BCUT2D eigenvalue weighted by molar-refractivity contribution is 7.80. The average Bonchev–Trinajstić information content (AvgIpc) is 3.50. The number of rotatable bonds is 8. The Bertz CT molecular complexity index is 1850. The van der Waals surface area contributed by atoms with Gasteiger partial charge in [0, 0.05) is 47.3 Å². The third-order valence-corrected chi connectivity index (χ3v) is 8.33. The highest BCUT2D eigenvalue weighted by Crippen LogP contribution is 2.41. The molecule has 0 spiro atoms. The van der Waals surface area contributed by atoms with E-state index in [0.29, 0.717) is 11.7 Å². The van der Waals surface area contributed by atoms with Crippen molar-refractivity contribution in [2.24, 2.45) is 0 Å². The van der Waals surface area contributed by atoms with Crippen LogP contribution < -0.4 is 10.6 Å². The minimum absolute atomic E-state index is 0.102. The van der Waals surface area contributed by atoms with E-state index in [9.17, 15) is 14.7 Å². The fourth-order valence-corrected chi connectivity index (χ4v) is 6.35. The van der Waals surface area contributed by atoms with Gasteiger partial charge in [-0.15, -0.1) is 0 Å². The van der Waals surface area contributed by atoms with Gasteiger partial charge in [-0.2, -0.15) is 0 Å². The molecule has 3 N–H and O–H groups in total. The Hall–Kier alpha value is -5.02. The van der Waals surface area contributed by atoms with Crippen molar-refractivity contribution < 1.29 is 14.7 Å². The van der Waals surface area contributed by atoms with Crippen LogP contribution >= 0.6 is 12.2 Å². The normalized spacial score (nSPS) is 16.3. The highest BCUT2D eigenvalue weighted by atomic mass is 32.1. The van der Waals surface area contributed by atoms with Crippen LogP contribution in [0, 0.1) is 13.8 Å². The molecule has 1 fully saturated rings. The molecule has 6 rings (SSSR count). The number of aromatic carboxylic acids is 1. The van der Waals surface area contributed by atoms with E-state index >= 15 is 0 Å². The van der Waals surface area contributed by atoms with Gasteiger partial charge in [0.2, 0.25) is 5.91 Å². The first-order valence-electron chi connectivity index (χ1n) is 14.1. The quantitative estimate of drug-likeness (QED) is 0.182. The number of carbonyl (C=O) groups excluding carboxylic acids is 1. The molecule has 0 radical (unpaired) electrons. The number of aromatic nitrogens is 2. The number of amides is 1. The lowest BCUT2D eigenvalue weighted by Gasteiger charge is -2.28. The van der Waals surface area contributed by atoms with Crippen molar-refractivity contribution in [3.63, 3.8) is 0 Å². The number of aryl methyl sites for hydroxylation is 1. The van der Waals surface area contributed by atoms with Crippen molar-refractivity contribution in [2.75, 3.05) is 11.9 Å². The number of benzene rings is 3. The van der Waals surface area contributed by atoms with Crippen LogP contribution in [0.3, 0.4) is 0 Å². The number of hydrogen-bond acceptors (Lipinski definition) is 4. The van der Waals surface area contributed by atoms with E-state index in [-0.39, 0.29) is 30.0 Å². The monoisotopic (exact) mass is 589 g/mol. The summed E-state index contributed by atoms with van der Waals surface area (Å²) < 4.78 is 2.06. The van der Waals surface area contributed by atoms with Crippen LogP contribution in [0.5, 0.6) is 0 Å². The summed E-state index contributed by atoms with van der Waals surface area (Å²) in [6.07, 6.45) is 1.99. The van der Waals surface area contributed by atoms with Gasteiger partial charge in [-0.3, -0.25) is 9.78 Å². The molecular weight excluding hydrogens is 558 g/mol. The SMILES string of the molecule is Cc1cc([C@@H]2[C@@H](c3ccccn3)NC(=S)N2CCC(=O)Nc2cccc3ccccc23)c(C)n1-c1cccc(C(=O)O)c1. The van der Waals surface area contributed by atoms with Crippen molar-refractivity contribution in [3.8, 4) is 5.69 Å². The number of nitrogens with one attached hydrogen (secondary N) is 2. The zero-order valence-corrected chi connectivity index (χ0v) is 24.6. The van der Waals surface area contributed by atoms with Crippen molar-refractivity contribution in [1.82, 2.24) is 19.8 Å². The lowest BCUT2D eigenvalue weighted by molar-refractivity contribution is -0.116. The predicted octanol–water partition coefficient (Wildman–Crippen LogP) is 6.34. The maximum absolute atomic E-state index is 13.2. The minimum Gasteiger partial charge on any atom is -0.478 e. The fourth-order valence-electron chi connectivity index (χ4n) is 6.02. The van der Waals surface area contributed by atoms with Crippen LogP contribution in [0.1, 0.15) is 51.5 Å². The second kappa shape index (κ2) is 11.7. The van der Waals surface area contributed by atoms with E-state index in [1.165, 1.54) is 0 Å². The van der Waals surface area contributed by atoms with Gasteiger partial charge in [0.1, 0.15) is 0 Å². The van der Waals surface area contributed by atoms with E-state index in [1.54, 1.807) is 24.4 Å². The summed E-state index contributed by atoms with van der Waals surface area (Å²) in [5.74, 6) is -1.08. The molecule has 0 saturated carbocycles. The molecule has 2 aromatic heterocycles. The van der Waals surface area contributed by atoms with Gasteiger partial charge >= 0.3 is 5.97 Å². The van der Waals surface area contributed by atoms with Crippen LogP contribution in [0.2, 0.25) is 0 Å².